The van der Waals surface area contributed by atoms with Gasteiger partial charge in [0.05, 0.1) is 23.6 Å². The first-order chi connectivity index (χ1) is 14.2. The van der Waals surface area contributed by atoms with Crippen LogP contribution >= 0.6 is 0 Å². The van der Waals surface area contributed by atoms with Crippen LogP contribution in [0.15, 0.2) is 47.4 Å². The third kappa shape index (κ3) is 5.19. The zero-order valence-electron chi connectivity index (χ0n) is 17.8. The van der Waals surface area contributed by atoms with Gasteiger partial charge < -0.3 is 15.4 Å². The molecule has 1 aliphatic rings. The second-order valence-corrected chi connectivity index (χ2v) is 9.71. The predicted molar refractivity (Wildman–Crippen MR) is 118 cm³/mol. The molecule has 162 valence electrons. The molecule has 0 aromatic heterocycles. The highest BCUT2D eigenvalue weighted by Gasteiger charge is 2.32. The molecule has 30 heavy (non-hydrogen) atoms. The molecule has 1 amide bonds. The molecule has 0 spiro atoms. The number of benzene rings is 2. The minimum Gasteiger partial charge on any atom is -0.376 e. The maximum atomic E-state index is 12.9. The van der Waals surface area contributed by atoms with Gasteiger partial charge in [0.1, 0.15) is 0 Å². The number of anilines is 2. The van der Waals surface area contributed by atoms with Gasteiger partial charge in [-0.3, -0.25) is 4.79 Å². The van der Waals surface area contributed by atoms with Crippen molar-refractivity contribution in [2.45, 2.75) is 44.8 Å². The van der Waals surface area contributed by atoms with Crippen molar-refractivity contribution < 1.29 is 17.9 Å². The van der Waals surface area contributed by atoms with Crippen molar-refractivity contribution in [2.24, 2.45) is 0 Å². The molecule has 2 N–H and O–H groups in total. The number of aryl methyl sites for hydroxylation is 2. The van der Waals surface area contributed by atoms with Crippen LogP contribution in [0.2, 0.25) is 0 Å². The molecule has 7 nitrogen and oxygen atoms in total. The molecule has 0 bridgehead atoms. The first-order valence-electron chi connectivity index (χ1n) is 10.0. The zero-order valence-corrected chi connectivity index (χ0v) is 18.6. The van der Waals surface area contributed by atoms with Crippen LogP contribution in [0.3, 0.4) is 0 Å². The molecule has 8 heteroatoms. The molecule has 2 aromatic carbocycles. The third-order valence-corrected chi connectivity index (χ3v) is 6.92. The van der Waals surface area contributed by atoms with E-state index in [1.165, 1.54) is 4.31 Å². The number of nitrogens with one attached hydrogen (secondary N) is 2. The lowest BCUT2D eigenvalue weighted by molar-refractivity contribution is -0.114. The van der Waals surface area contributed by atoms with Crippen molar-refractivity contribution in [3.05, 3.63) is 53.6 Å². The Labute approximate surface area is 178 Å². The Kier molecular flexibility index (Phi) is 6.80. The molecule has 2 aromatic rings. The molecule has 1 heterocycles. The Balaban J connectivity index is 1.61. The minimum absolute atomic E-state index is 0.0817. The standard InChI is InChI=1S/C22H29N3O4S/c1-15-6-5-7-16(2)22(15)24-21(26)12-23-19-8-10-20(11-9-19)30(27,28)25-13-17(3)29-18(4)14-25/h5-11,17-18,23H,12-14H2,1-4H3,(H,24,26). The fourth-order valence-electron chi connectivity index (χ4n) is 3.60. The highest BCUT2D eigenvalue weighted by Crippen LogP contribution is 2.23. The number of sulfonamides is 1. The molecule has 1 fully saturated rings. The van der Waals surface area contributed by atoms with Gasteiger partial charge in [-0.2, -0.15) is 4.31 Å². The average molecular weight is 432 g/mol. The molecule has 1 aliphatic heterocycles. The lowest BCUT2D eigenvalue weighted by Crippen LogP contribution is -2.48. The van der Waals surface area contributed by atoms with Crippen molar-refractivity contribution in [1.29, 1.82) is 0 Å². The zero-order chi connectivity index (χ0) is 21.9. The van der Waals surface area contributed by atoms with Crippen LogP contribution in [0.25, 0.3) is 0 Å². The van der Waals surface area contributed by atoms with Gasteiger partial charge in [0, 0.05) is 24.5 Å². The number of nitrogens with zero attached hydrogens (tertiary/aromatic N) is 1. The smallest absolute Gasteiger partial charge is 0.243 e. The van der Waals surface area contributed by atoms with Gasteiger partial charge in [0.25, 0.3) is 0 Å². The summed E-state index contributed by atoms with van der Waals surface area (Å²) in [5.74, 6) is -0.166. The number of hydrogen-bond donors (Lipinski definition) is 2. The highest BCUT2D eigenvalue weighted by molar-refractivity contribution is 7.89. The summed E-state index contributed by atoms with van der Waals surface area (Å²) in [7, 11) is -3.58. The molecular weight excluding hydrogens is 402 g/mol. The normalized spacial score (nSPS) is 20.0. The van der Waals surface area contributed by atoms with E-state index >= 15 is 0 Å². The summed E-state index contributed by atoms with van der Waals surface area (Å²) < 4.78 is 32.9. The van der Waals surface area contributed by atoms with E-state index in [0.717, 1.165) is 16.8 Å². The number of carbonyl (C=O) groups is 1. The molecule has 0 saturated carbocycles. The van der Waals surface area contributed by atoms with Crippen LogP contribution in [0, 0.1) is 13.8 Å². The highest BCUT2D eigenvalue weighted by atomic mass is 32.2. The Morgan fingerprint density at radius 1 is 1.03 bits per heavy atom. The van der Waals surface area contributed by atoms with Crippen molar-refractivity contribution in [3.8, 4) is 0 Å². The molecule has 3 rings (SSSR count). The largest absolute Gasteiger partial charge is 0.376 e. The van der Waals surface area contributed by atoms with Crippen LogP contribution in [0.1, 0.15) is 25.0 Å². The van der Waals surface area contributed by atoms with E-state index in [-0.39, 0.29) is 29.6 Å². The number of para-hydroxylation sites is 1. The second-order valence-electron chi connectivity index (χ2n) is 7.77. The summed E-state index contributed by atoms with van der Waals surface area (Å²) in [4.78, 5) is 12.5. The van der Waals surface area contributed by atoms with Gasteiger partial charge >= 0.3 is 0 Å². The molecule has 0 radical (unpaired) electrons. The SMILES string of the molecule is Cc1cccc(C)c1NC(=O)CNc1ccc(S(=O)(=O)N2CC(C)OC(C)C2)cc1. The van der Waals surface area contributed by atoms with Gasteiger partial charge in [0.2, 0.25) is 15.9 Å². The van der Waals surface area contributed by atoms with Crippen LogP contribution in [0.4, 0.5) is 11.4 Å². The molecule has 2 atom stereocenters. The van der Waals surface area contributed by atoms with Crippen molar-refractivity contribution in [2.75, 3.05) is 30.3 Å². The second kappa shape index (κ2) is 9.16. The quantitative estimate of drug-likeness (QED) is 0.734. The van der Waals surface area contributed by atoms with E-state index in [1.54, 1.807) is 24.3 Å². The summed E-state index contributed by atoms with van der Waals surface area (Å²) in [6, 6.07) is 12.3. The average Bonchev–Trinajstić information content (AvgIpc) is 2.69. The first kappa shape index (κ1) is 22.3. The van der Waals surface area contributed by atoms with Crippen LogP contribution in [0.5, 0.6) is 0 Å². The number of morpholine rings is 1. The lowest BCUT2D eigenvalue weighted by Gasteiger charge is -2.34. The maximum absolute atomic E-state index is 12.9. The van der Waals surface area contributed by atoms with Gasteiger partial charge in [-0.05, 0) is 63.1 Å². The molecule has 2 unspecified atom stereocenters. The predicted octanol–water partition coefficient (Wildman–Crippen LogP) is 3.15. The van der Waals surface area contributed by atoms with E-state index in [1.807, 2.05) is 45.9 Å². The summed E-state index contributed by atoms with van der Waals surface area (Å²) in [5, 5.41) is 5.96. The van der Waals surface area contributed by atoms with Gasteiger partial charge in [0.15, 0.2) is 0 Å². The minimum atomic E-state index is -3.58. The number of amides is 1. The third-order valence-electron chi connectivity index (χ3n) is 5.08. The first-order valence-corrected chi connectivity index (χ1v) is 11.5. The Bertz CT molecular complexity index is 975. The van der Waals surface area contributed by atoms with Gasteiger partial charge in [-0.15, -0.1) is 0 Å². The Hall–Kier alpha value is -2.42. The fourth-order valence-corrected chi connectivity index (χ4v) is 5.19. The van der Waals surface area contributed by atoms with E-state index in [0.29, 0.717) is 18.8 Å². The maximum Gasteiger partial charge on any atom is 0.243 e. The van der Waals surface area contributed by atoms with E-state index in [2.05, 4.69) is 10.6 Å². The van der Waals surface area contributed by atoms with Crippen LogP contribution in [-0.4, -0.2) is 50.5 Å². The molecule has 1 saturated heterocycles. The van der Waals surface area contributed by atoms with Crippen molar-refractivity contribution >= 4 is 27.3 Å². The van der Waals surface area contributed by atoms with Crippen LogP contribution < -0.4 is 10.6 Å². The number of ether oxygens (including phenoxy) is 1. The van der Waals surface area contributed by atoms with Gasteiger partial charge in [-0.25, -0.2) is 8.42 Å². The molecular formula is C22H29N3O4S. The van der Waals surface area contributed by atoms with E-state index < -0.39 is 10.0 Å². The fraction of sp³-hybridized carbons (Fsp3) is 0.409. The van der Waals surface area contributed by atoms with E-state index in [9.17, 15) is 13.2 Å². The van der Waals surface area contributed by atoms with Crippen molar-refractivity contribution in [3.63, 3.8) is 0 Å². The van der Waals surface area contributed by atoms with Crippen LogP contribution in [-0.2, 0) is 19.6 Å². The summed E-state index contributed by atoms with van der Waals surface area (Å²) in [5.41, 5.74) is 3.50. The monoisotopic (exact) mass is 431 g/mol. The number of rotatable bonds is 6. The van der Waals surface area contributed by atoms with Gasteiger partial charge in [-0.1, -0.05) is 18.2 Å². The Morgan fingerprint density at radius 3 is 2.17 bits per heavy atom. The summed E-state index contributed by atoms with van der Waals surface area (Å²) in [6.45, 7) is 8.40. The van der Waals surface area contributed by atoms with E-state index in [4.69, 9.17) is 4.74 Å². The lowest BCUT2D eigenvalue weighted by atomic mass is 10.1. The van der Waals surface area contributed by atoms with Crippen molar-refractivity contribution in [1.82, 2.24) is 4.31 Å². The summed E-state index contributed by atoms with van der Waals surface area (Å²) >= 11 is 0. The number of carbonyl (C=O) groups excluding carboxylic acids is 1. The summed E-state index contributed by atoms with van der Waals surface area (Å²) in [6.07, 6.45) is -0.278. The topological polar surface area (TPSA) is 87.7 Å². The number of hydrogen-bond acceptors (Lipinski definition) is 5. The Morgan fingerprint density at radius 2 is 1.60 bits per heavy atom. The molecule has 0 aliphatic carbocycles.